The van der Waals surface area contributed by atoms with Crippen molar-refractivity contribution in [3.63, 3.8) is 0 Å². The standard InChI is InChI=1S/C19H30N2O/c1-13(2)21-9-5-14(6-10-21)18(22)20-12-15-11-16-3-4-17(15)19(16)7-8-19/h3-4,13-17H,5-12H2,1-2H3,(H,20,22)/t15-,16-,17-/m1/s1. The largest absolute Gasteiger partial charge is 0.356 e. The highest BCUT2D eigenvalue weighted by atomic mass is 16.1. The van der Waals surface area contributed by atoms with Crippen LogP contribution >= 0.6 is 0 Å². The first-order chi connectivity index (χ1) is 10.6. The molecule has 3 nitrogen and oxygen atoms in total. The summed E-state index contributed by atoms with van der Waals surface area (Å²) in [5.41, 5.74) is 0.651. The lowest BCUT2D eigenvalue weighted by molar-refractivity contribution is -0.126. The van der Waals surface area contributed by atoms with Gasteiger partial charge in [0.25, 0.3) is 0 Å². The molecule has 3 aliphatic carbocycles. The Balaban J connectivity index is 1.25. The second kappa shape index (κ2) is 5.36. The Morgan fingerprint density at radius 1 is 1.27 bits per heavy atom. The Bertz CT molecular complexity index is 472. The van der Waals surface area contributed by atoms with E-state index >= 15 is 0 Å². The number of hydrogen-bond acceptors (Lipinski definition) is 2. The normalized spacial score (nSPS) is 36.4. The number of nitrogens with zero attached hydrogens (tertiary/aromatic N) is 1. The Labute approximate surface area is 134 Å². The molecule has 0 unspecified atom stereocenters. The maximum Gasteiger partial charge on any atom is 0.223 e. The average Bonchev–Trinajstić information content (AvgIpc) is 3.19. The van der Waals surface area contributed by atoms with Crippen LogP contribution in [0.1, 0.15) is 46.0 Å². The fraction of sp³-hybridized carbons (Fsp3) is 0.842. The SMILES string of the molecule is CC(C)N1CCC(C(=O)NC[C@H]2C[C@H]3C=C[C@H]2C32CC2)CC1. The van der Waals surface area contributed by atoms with Gasteiger partial charge in [0.2, 0.25) is 5.91 Å². The number of piperidine rings is 1. The first-order valence-corrected chi connectivity index (χ1v) is 9.30. The van der Waals surface area contributed by atoms with Crippen molar-refractivity contribution in [2.75, 3.05) is 19.6 Å². The molecule has 1 N–H and O–H groups in total. The molecular formula is C19H30N2O. The van der Waals surface area contributed by atoms with Crippen LogP contribution in [0.5, 0.6) is 0 Å². The molecule has 0 aromatic carbocycles. The van der Waals surface area contributed by atoms with Crippen molar-refractivity contribution in [3.8, 4) is 0 Å². The van der Waals surface area contributed by atoms with Crippen LogP contribution in [0, 0.1) is 29.1 Å². The quantitative estimate of drug-likeness (QED) is 0.810. The van der Waals surface area contributed by atoms with Crippen molar-refractivity contribution in [2.45, 2.75) is 52.0 Å². The highest BCUT2D eigenvalue weighted by Crippen LogP contribution is 2.69. The number of hydrogen-bond donors (Lipinski definition) is 1. The van der Waals surface area contributed by atoms with Crippen LogP contribution in [0.3, 0.4) is 0 Å². The highest BCUT2D eigenvalue weighted by molar-refractivity contribution is 5.78. The van der Waals surface area contributed by atoms with Gasteiger partial charge < -0.3 is 10.2 Å². The smallest absolute Gasteiger partial charge is 0.223 e. The summed E-state index contributed by atoms with van der Waals surface area (Å²) in [5.74, 6) is 2.87. The minimum atomic E-state index is 0.249. The molecule has 0 radical (unpaired) electrons. The third-order valence-electron chi connectivity index (χ3n) is 7.01. The molecule has 2 saturated carbocycles. The van der Waals surface area contributed by atoms with Crippen molar-refractivity contribution >= 4 is 5.91 Å². The second-order valence-electron chi connectivity index (χ2n) is 8.40. The van der Waals surface area contributed by atoms with Gasteiger partial charge in [0, 0.05) is 18.5 Å². The molecule has 3 fully saturated rings. The van der Waals surface area contributed by atoms with Crippen molar-refractivity contribution in [1.29, 1.82) is 0 Å². The molecule has 4 rings (SSSR count). The number of allylic oxidation sites excluding steroid dienone is 2. The maximum atomic E-state index is 12.5. The summed E-state index contributed by atoms with van der Waals surface area (Å²) in [6, 6.07) is 0.611. The molecule has 1 amide bonds. The second-order valence-corrected chi connectivity index (χ2v) is 8.40. The van der Waals surface area contributed by atoms with E-state index in [1.165, 1.54) is 19.3 Å². The number of amides is 1. The summed E-state index contributed by atoms with van der Waals surface area (Å²) >= 11 is 0. The summed E-state index contributed by atoms with van der Waals surface area (Å²) in [6.07, 6.45) is 11.1. The van der Waals surface area contributed by atoms with E-state index in [-0.39, 0.29) is 5.92 Å². The van der Waals surface area contributed by atoms with Gasteiger partial charge in [-0.1, -0.05) is 12.2 Å². The number of nitrogens with one attached hydrogen (secondary N) is 1. The lowest BCUT2D eigenvalue weighted by Gasteiger charge is -2.34. The zero-order valence-corrected chi connectivity index (χ0v) is 14.1. The maximum absolute atomic E-state index is 12.5. The molecule has 4 aliphatic rings. The van der Waals surface area contributed by atoms with Crippen molar-refractivity contribution in [3.05, 3.63) is 12.2 Å². The molecule has 22 heavy (non-hydrogen) atoms. The molecule has 3 atom stereocenters. The Morgan fingerprint density at radius 2 is 2.00 bits per heavy atom. The molecule has 0 aromatic rings. The number of carbonyl (C=O) groups is 1. The third kappa shape index (κ3) is 2.33. The first kappa shape index (κ1) is 14.7. The zero-order valence-electron chi connectivity index (χ0n) is 14.1. The summed E-state index contributed by atoms with van der Waals surface area (Å²) in [5, 5.41) is 3.30. The van der Waals surface area contributed by atoms with Gasteiger partial charge in [-0.25, -0.2) is 0 Å². The van der Waals surface area contributed by atoms with Crippen LogP contribution in [0.2, 0.25) is 0 Å². The van der Waals surface area contributed by atoms with Crippen molar-refractivity contribution < 1.29 is 4.79 Å². The van der Waals surface area contributed by atoms with Gasteiger partial charge in [0.1, 0.15) is 0 Å². The van der Waals surface area contributed by atoms with Crippen LogP contribution < -0.4 is 5.32 Å². The van der Waals surface area contributed by atoms with Gasteiger partial charge in [-0.3, -0.25) is 4.79 Å². The zero-order chi connectivity index (χ0) is 15.3. The van der Waals surface area contributed by atoms with Crippen LogP contribution in [-0.4, -0.2) is 36.5 Å². The van der Waals surface area contributed by atoms with E-state index in [0.29, 0.717) is 23.3 Å². The summed E-state index contributed by atoms with van der Waals surface area (Å²) in [7, 11) is 0. The van der Waals surface area contributed by atoms with Gasteiger partial charge in [0.15, 0.2) is 0 Å². The lowest BCUT2D eigenvalue weighted by atomic mass is 9.88. The number of carbonyl (C=O) groups excluding carboxylic acids is 1. The van der Waals surface area contributed by atoms with Crippen LogP contribution in [0.15, 0.2) is 12.2 Å². The fourth-order valence-corrected chi connectivity index (χ4v) is 5.41. The summed E-state index contributed by atoms with van der Waals surface area (Å²) in [6.45, 7) is 7.56. The van der Waals surface area contributed by atoms with E-state index < -0.39 is 0 Å². The average molecular weight is 302 g/mol. The molecule has 3 heteroatoms. The Kier molecular flexibility index (Phi) is 3.60. The predicted molar refractivity (Wildman–Crippen MR) is 88.3 cm³/mol. The molecule has 122 valence electrons. The van der Waals surface area contributed by atoms with Gasteiger partial charge in [-0.15, -0.1) is 0 Å². The minimum absolute atomic E-state index is 0.249. The predicted octanol–water partition coefficient (Wildman–Crippen LogP) is 2.83. The molecule has 1 heterocycles. The Hall–Kier alpha value is -0.830. The molecular weight excluding hydrogens is 272 g/mol. The summed E-state index contributed by atoms with van der Waals surface area (Å²) in [4.78, 5) is 15.0. The van der Waals surface area contributed by atoms with Crippen LogP contribution in [0.4, 0.5) is 0 Å². The molecule has 1 aliphatic heterocycles. The van der Waals surface area contributed by atoms with Crippen molar-refractivity contribution in [1.82, 2.24) is 10.2 Å². The van der Waals surface area contributed by atoms with Gasteiger partial charge in [-0.2, -0.15) is 0 Å². The summed E-state index contributed by atoms with van der Waals surface area (Å²) < 4.78 is 0. The van der Waals surface area contributed by atoms with E-state index in [1.807, 2.05) is 0 Å². The highest BCUT2D eigenvalue weighted by Gasteiger charge is 2.62. The van der Waals surface area contributed by atoms with E-state index in [4.69, 9.17) is 0 Å². The fourth-order valence-electron chi connectivity index (χ4n) is 5.41. The first-order valence-electron chi connectivity index (χ1n) is 9.30. The minimum Gasteiger partial charge on any atom is -0.356 e. The topological polar surface area (TPSA) is 32.3 Å². The van der Waals surface area contributed by atoms with Crippen molar-refractivity contribution in [2.24, 2.45) is 29.1 Å². The van der Waals surface area contributed by atoms with Gasteiger partial charge >= 0.3 is 0 Å². The van der Waals surface area contributed by atoms with Crippen LogP contribution in [-0.2, 0) is 4.79 Å². The molecule has 1 saturated heterocycles. The van der Waals surface area contributed by atoms with Crippen LogP contribution in [0.25, 0.3) is 0 Å². The Morgan fingerprint density at radius 3 is 2.59 bits per heavy atom. The van der Waals surface area contributed by atoms with E-state index in [0.717, 1.165) is 44.3 Å². The monoisotopic (exact) mass is 302 g/mol. The van der Waals surface area contributed by atoms with E-state index in [2.05, 4.69) is 36.2 Å². The molecule has 1 spiro atoms. The third-order valence-corrected chi connectivity index (χ3v) is 7.01. The lowest BCUT2D eigenvalue weighted by Crippen LogP contribution is -2.44. The number of rotatable bonds is 4. The van der Waals surface area contributed by atoms with Gasteiger partial charge in [0.05, 0.1) is 0 Å². The number of likely N-dealkylation sites (tertiary alicyclic amines) is 1. The molecule has 0 aromatic heterocycles. The van der Waals surface area contributed by atoms with E-state index in [9.17, 15) is 4.79 Å². The molecule has 2 bridgehead atoms. The van der Waals surface area contributed by atoms with Gasteiger partial charge in [-0.05, 0) is 82.2 Å². The van der Waals surface area contributed by atoms with E-state index in [1.54, 1.807) is 0 Å².